The van der Waals surface area contributed by atoms with Crippen LogP contribution in [0.2, 0.25) is 0 Å². The van der Waals surface area contributed by atoms with E-state index in [0.29, 0.717) is 6.54 Å². The van der Waals surface area contributed by atoms with Crippen molar-refractivity contribution in [2.75, 3.05) is 38.7 Å². The Morgan fingerprint density at radius 3 is 2.35 bits per heavy atom. The molecule has 1 N–H and O–H groups in total. The van der Waals surface area contributed by atoms with Crippen molar-refractivity contribution in [1.29, 1.82) is 0 Å². The molecule has 0 saturated carbocycles. The Hall–Kier alpha value is -0.620. The summed E-state index contributed by atoms with van der Waals surface area (Å²) in [5.41, 5.74) is 0.0969. The van der Waals surface area contributed by atoms with Crippen LogP contribution in [0.4, 0.5) is 0 Å². The smallest absolute Gasteiger partial charge is 0.235 e. The predicted molar refractivity (Wildman–Crippen MR) is 67.6 cm³/mol. The van der Waals surface area contributed by atoms with E-state index in [1.54, 1.807) is 0 Å². The maximum absolute atomic E-state index is 11.4. The zero-order chi connectivity index (χ0) is 13.1. The van der Waals surface area contributed by atoms with E-state index in [1.807, 2.05) is 0 Å². The third-order valence-corrected chi connectivity index (χ3v) is 4.09. The van der Waals surface area contributed by atoms with E-state index in [9.17, 15) is 13.2 Å². The van der Waals surface area contributed by atoms with Crippen molar-refractivity contribution in [3.8, 4) is 0 Å². The average molecular weight is 262 g/mol. The highest BCUT2D eigenvalue weighted by Crippen LogP contribution is 2.29. The lowest BCUT2D eigenvalue weighted by Crippen LogP contribution is -2.44. The molecule has 1 rings (SSSR count). The first-order valence-electron chi connectivity index (χ1n) is 5.83. The van der Waals surface area contributed by atoms with Crippen molar-refractivity contribution < 1.29 is 13.2 Å². The zero-order valence-corrected chi connectivity index (χ0v) is 11.6. The maximum atomic E-state index is 11.4. The molecule has 0 bridgehead atoms. The Balaban J connectivity index is 2.37. The zero-order valence-electron chi connectivity index (χ0n) is 10.8. The lowest BCUT2D eigenvalue weighted by atomic mass is 9.80. The van der Waals surface area contributed by atoms with Gasteiger partial charge in [-0.25, -0.2) is 8.42 Å². The SMILES string of the molecule is CN1CCC(C)(CNC(=O)CS(C)(=O)=O)CC1. The largest absolute Gasteiger partial charge is 0.355 e. The van der Waals surface area contributed by atoms with Gasteiger partial charge in [-0.05, 0) is 38.4 Å². The quantitative estimate of drug-likeness (QED) is 0.767. The highest BCUT2D eigenvalue weighted by Gasteiger charge is 2.29. The predicted octanol–water partition coefficient (Wildman–Crippen LogP) is -0.121. The van der Waals surface area contributed by atoms with Crippen LogP contribution in [0.3, 0.4) is 0 Å². The van der Waals surface area contributed by atoms with Gasteiger partial charge in [0.2, 0.25) is 5.91 Å². The molecule has 0 aromatic carbocycles. The lowest BCUT2D eigenvalue weighted by molar-refractivity contribution is -0.119. The molecule has 0 atom stereocenters. The number of piperidine rings is 1. The number of nitrogens with one attached hydrogen (secondary N) is 1. The van der Waals surface area contributed by atoms with Crippen molar-refractivity contribution in [1.82, 2.24) is 10.2 Å². The van der Waals surface area contributed by atoms with Crippen LogP contribution in [0.25, 0.3) is 0 Å². The number of sulfone groups is 1. The van der Waals surface area contributed by atoms with Crippen LogP contribution in [-0.4, -0.2) is 57.9 Å². The normalized spacial score (nSPS) is 21.1. The van der Waals surface area contributed by atoms with Crippen LogP contribution in [-0.2, 0) is 14.6 Å². The fourth-order valence-electron chi connectivity index (χ4n) is 1.94. The second-order valence-corrected chi connectivity index (χ2v) is 7.60. The summed E-state index contributed by atoms with van der Waals surface area (Å²) in [6.07, 6.45) is 3.13. The number of amides is 1. The van der Waals surface area contributed by atoms with E-state index in [-0.39, 0.29) is 5.41 Å². The monoisotopic (exact) mass is 262 g/mol. The minimum Gasteiger partial charge on any atom is -0.355 e. The molecule has 0 unspecified atom stereocenters. The Labute approximate surface area is 103 Å². The highest BCUT2D eigenvalue weighted by atomic mass is 32.2. The average Bonchev–Trinajstić information content (AvgIpc) is 2.18. The number of carbonyl (C=O) groups is 1. The van der Waals surface area contributed by atoms with Crippen LogP contribution in [0.5, 0.6) is 0 Å². The van der Waals surface area contributed by atoms with Gasteiger partial charge in [0.25, 0.3) is 0 Å². The summed E-state index contributed by atoms with van der Waals surface area (Å²) in [7, 11) is -1.14. The van der Waals surface area contributed by atoms with E-state index in [2.05, 4.69) is 24.2 Å². The Morgan fingerprint density at radius 1 is 1.35 bits per heavy atom. The summed E-state index contributed by atoms with van der Waals surface area (Å²) in [4.78, 5) is 13.7. The molecule has 1 heterocycles. The summed E-state index contributed by atoms with van der Waals surface area (Å²) >= 11 is 0. The number of hydrogen-bond donors (Lipinski definition) is 1. The van der Waals surface area contributed by atoms with Gasteiger partial charge in [0, 0.05) is 12.8 Å². The first-order chi connectivity index (χ1) is 7.70. The molecular formula is C11H22N2O3S. The van der Waals surface area contributed by atoms with E-state index in [4.69, 9.17) is 0 Å². The van der Waals surface area contributed by atoms with Crippen LogP contribution >= 0.6 is 0 Å². The van der Waals surface area contributed by atoms with Crippen LogP contribution in [0.1, 0.15) is 19.8 Å². The molecule has 1 fully saturated rings. The standard InChI is InChI=1S/C11H22N2O3S/c1-11(4-6-13(2)7-5-11)9-12-10(14)8-17(3,15)16/h4-9H2,1-3H3,(H,12,14). The second kappa shape index (κ2) is 5.35. The Morgan fingerprint density at radius 2 is 1.88 bits per heavy atom. The summed E-state index contributed by atoms with van der Waals surface area (Å²) in [6.45, 7) is 4.76. The molecule has 5 nitrogen and oxygen atoms in total. The van der Waals surface area contributed by atoms with Gasteiger partial charge in [-0.1, -0.05) is 6.92 Å². The molecule has 1 saturated heterocycles. The molecule has 0 spiro atoms. The van der Waals surface area contributed by atoms with Crippen molar-refractivity contribution in [2.24, 2.45) is 5.41 Å². The van der Waals surface area contributed by atoms with Gasteiger partial charge in [0.1, 0.15) is 5.75 Å². The molecule has 17 heavy (non-hydrogen) atoms. The van der Waals surface area contributed by atoms with Crippen LogP contribution in [0, 0.1) is 5.41 Å². The third-order valence-electron chi connectivity index (χ3n) is 3.30. The summed E-state index contributed by atoms with van der Waals surface area (Å²) in [5.74, 6) is -0.809. The topological polar surface area (TPSA) is 66.5 Å². The van der Waals surface area contributed by atoms with Crippen molar-refractivity contribution >= 4 is 15.7 Å². The molecule has 0 aromatic rings. The molecule has 6 heteroatoms. The number of rotatable bonds is 4. The molecule has 1 aliphatic heterocycles. The van der Waals surface area contributed by atoms with Crippen LogP contribution < -0.4 is 5.32 Å². The lowest BCUT2D eigenvalue weighted by Gasteiger charge is -2.37. The maximum Gasteiger partial charge on any atom is 0.235 e. The first-order valence-corrected chi connectivity index (χ1v) is 7.89. The van der Waals surface area contributed by atoms with Gasteiger partial charge in [0.05, 0.1) is 0 Å². The number of likely N-dealkylation sites (tertiary alicyclic amines) is 1. The van der Waals surface area contributed by atoms with Gasteiger partial charge in [-0.2, -0.15) is 0 Å². The molecule has 1 aliphatic rings. The fraction of sp³-hybridized carbons (Fsp3) is 0.909. The third kappa shape index (κ3) is 5.50. The van der Waals surface area contributed by atoms with Gasteiger partial charge in [-0.15, -0.1) is 0 Å². The van der Waals surface area contributed by atoms with Crippen molar-refractivity contribution in [3.63, 3.8) is 0 Å². The summed E-state index contributed by atoms with van der Waals surface area (Å²) < 4.78 is 21.9. The van der Waals surface area contributed by atoms with E-state index in [0.717, 1.165) is 32.2 Å². The van der Waals surface area contributed by atoms with Crippen molar-refractivity contribution in [3.05, 3.63) is 0 Å². The molecule has 0 radical (unpaired) electrons. The van der Waals surface area contributed by atoms with E-state index < -0.39 is 21.5 Å². The van der Waals surface area contributed by atoms with Gasteiger partial charge in [-0.3, -0.25) is 4.79 Å². The molecule has 100 valence electrons. The summed E-state index contributed by atoms with van der Waals surface area (Å²) in [6, 6.07) is 0. The minimum absolute atomic E-state index is 0.0969. The van der Waals surface area contributed by atoms with Gasteiger partial charge < -0.3 is 10.2 Å². The van der Waals surface area contributed by atoms with E-state index >= 15 is 0 Å². The van der Waals surface area contributed by atoms with Crippen LogP contribution in [0.15, 0.2) is 0 Å². The molecular weight excluding hydrogens is 240 g/mol. The molecule has 1 amide bonds. The highest BCUT2D eigenvalue weighted by molar-refractivity contribution is 7.91. The second-order valence-electron chi connectivity index (χ2n) is 5.46. The minimum atomic E-state index is -3.23. The van der Waals surface area contributed by atoms with Crippen molar-refractivity contribution in [2.45, 2.75) is 19.8 Å². The number of hydrogen-bond acceptors (Lipinski definition) is 4. The fourth-order valence-corrected chi connectivity index (χ4v) is 2.51. The first kappa shape index (κ1) is 14.4. The van der Waals surface area contributed by atoms with E-state index in [1.165, 1.54) is 0 Å². The molecule has 0 aliphatic carbocycles. The van der Waals surface area contributed by atoms with Gasteiger partial charge in [0.15, 0.2) is 9.84 Å². The van der Waals surface area contributed by atoms with Gasteiger partial charge >= 0.3 is 0 Å². The Bertz CT molecular complexity index is 370. The summed E-state index contributed by atoms with van der Waals surface area (Å²) in [5, 5.41) is 2.73. The molecule has 0 aromatic heterocycles. The number of nitrogens with zero attached hydrogens (tertiary/aromatic N) is 1. The Kier molecular flexibility index (Phi) is 4.55. The number of carbonyl (C=O) groups excluding carboxylic acids is 1.